The fourth-order valence-corrected chi connectivity index (χ4v) is 1.89. The number of hydrogen-bond acceptors (Lipinski definition) is 3. The molecular weight excluding hydrogens is 256 g/mol. The van der Waals surface area contributed by atoms with E-state index in [9.17, 15) is 9.59 Å². The summed E-state index contributed by atoms with van der Waals surface area (Å²) in [5, 5.41) is 8.68. The van der Waals surface area contributed by atoms with Crippen molar-refractivity contribution in [2.45, 2.75) is 33.2 Å². The van der Waals surface area contributed by atoms with Crippen molar-refractivity contribution in [3.05, 3.63) is 35.7 Å². The van der Waals surface area contributed by atoms with Gasteiger partial charge in [0.05, 0.1) is 0 Å². The highest BCUT2D eigenvalue weighted by molar-refractivity contribution is 5.98. The maximum Gasteiger partial charge on any atom is 0.328 e. The predicted octanol–water partition coefficient (Wildman–Crippen LogP) is 2.44. The second-order valence-electron chi connectivity index (χ2n) is 4.73. The van der Waals surface area contributed by atoms with Gasteiger partial charge >= 0.3 is 5.97 Å². The number of amides is 1. The summed E-state index contributed by atoms with van der Waals surface area (Å²) in [6, 6.07) is 1.71. The first-order valence-corrected chi connectivity index (χ1v) is 6.63. The van der Waals surface area contributed by atoms with Crippen LogP contribution in [0.5, 0.6) is 0 Å². The van der Waals surface area contributed by atoms with Crippen LogP contribution in [0.25, 0.3) is 6.08 Å². The van der Waals surface area contributed by atoms with Gasteiger partial charge in [-0.2, -0.15) is 0 Å². The van der Waals surface area contributed by atoms with E-state index in [4.69, 9.17) is 5.11 Å². The SMILES string of the molecule is CCCN(C(=O)c1ccncc1C=CC(=O)O)C(C)C. The molecule has 0 saturated heterocycles. The minimum Gasteiger partial charge on any atom is -0.478 e. The Morgan fingerprint density at radius 3 is 2.70 bits per heavy atom. The summed E-state index contributed by atoms with van der Waals surface area (Å²) in [6.07, 6.45) is 6.31. The first kappa shape index (κ1) is 15.9. The van der Waals surface area contributed by atoms with Gasteiger partial charge in [0.1, 0.15) is 0 Å². The summed E-state index contributed by atoms with van der Waals surface area (Å²) in [7, 11) is 0. The van der Waals surface area contributed by atoms with Crippen LogP contribution in [0.3, 0.4) is 0 Å². The van der Waals surface area contributed by atoms with Gasteiger partial charge in [0.15, 0.2) is 0 Å². The largest absolute Gasteiger partial charge is 0.478 e. The van der Waals surface area contributed by atoms with E-state index < -0.39 is 5.97 Å². The molecule has 5 nitrogen and oxygen atoms in total. The highest BCUT2D eigenvalue weighted by Gasteiger charge is 2.19. The van der Waals surface area contributed by atoms with E-state index in [2.05, 4.69) is 4.98 Å². The van der Waals surface area contributed by atoms with E-state index >= 15 is 0 Å². The molecule has 1 heterocycles. The standard InChI is InChI=1S/C15H20N2O3/c1-4-9-17(11(2)3)15(20)13-7-8-16-10-12(13)5-6-14(18)19/h5-8,10-11H,4,9H2,1-3H3,(H,18,19). The molecule has 0 radical (unpaired) electrons. The summed E-state index contributed by atoms with van der Waals surface area (Å²) >= 11 is 0. The molecule has 0 aliphatic carbocycles. The molecule has 20 heavy (non-hydrogen) atoms. The number of nitrogens with zero attached hydrogens (tertiary/aromatic N) is 2. The van der Waals surface area contributed by atoms with Gasteiger partial charge in [-0.25, -0.2) is 4.79 Å². The van der Waals surface area contributed by atoms with E-state index in [1.54, 1.807) is 11.0 Å². The van der Waals surface area contributed by atoms with Gasteiger partial charge < -0.3 is 10.0 Å². The van der Waals surface area contributed by atoms with Crippen molar-refractivity contribution in [2.75, 3.05) is 6.54 Å². The smallest absolute Gasteiger partial charge is 0.328 e. The molecular formula is C15H20N2O3. The minimum absolute atomic E-state index is 0.0897. The second kappa shape index (κ2) is 7.43. The maximum absolute atomic E-state index is 12.6. The number of carboxylic acids is 1. The topological polar surface area (TPSA) is 70.5 Å². The van der Waals surface area contributed by atoms with Crippen molar-refractivity contribution in [2.24, 2.45) is 0 Å². The third-order valence-electron chi connectivity index (χ3n) is 2.84. The van der Waals surface area contributed by atoms with E-state index in [0.29, 0.717) is 17.7 Å². The van der Waals surface area contributed by atoms with Gasteiger partial charge in [-0.1, -0.05) is 6.92 Å². The molecule has 0 spiro atoms. The summed E-state index contributed by atoms with van der Waals surface area (Å²) in [6.45, 7) is 6.60. The Hall–Kier alpha value is -2.17. The molecule has 108 valence electrons. The average molecular weight is 276 g/mol. The number of carbonyl (C=O) groups is 2. The molecule has 0 fully saturated rings. The number of carboxylic acid groups (broad SMARTS) is 1. The maximum atomic E-state index is 12.6. The number of hydrogen-bond donors (Lipinski definition) is 1. The highest BCUT2D eigenvalue weighted by atomic mass is 16.4. The summed E-state index contributed by atoms with van der Waals surface area (Å²) < 4.78 is 0. The third-order valence-corrected chi connectivity index (χ3v) is 2.84. The van der Waals surface area contributed by atoms with Crippen molar-refractivity contribution in [1.82, 2.24) is 9.88 Å². The van der Waals surface area contributed by atoms with E-state index in [1.165, 1.54) is 18.5 Å². The second-order valence-corrected chi connectivity index (χ2v) is 4.73. The Morgan fingerprint density at radius 2 is 2.15 bits per heavy atom. The third kappa shape index (κ3) is 4.19. The Labute approximate surface area is 118 Å². The lowest BCUT2D eigenvalue weighted by Gasteiger charge is -2.26. The van der Waals surface area contributed by atoms with E-state index in [1.807, 2.05) is 20.8 Å². The fourth-order valence-electron chi connectivity index (χ4n) is 1.89. The van der Waals surface area contributed by atoms with Crippen LogP contribution in [0.2, 0.25) is 0 Å². The molecule has 0 bridgehead atoms. The van der Waals surface area contributed by atoms with Gasteiger partial charge in [-0.05, 0) is 32.4 Å². The molecule has 1 rings (SSSR count). The minimum atomic E-state index is -1.05. The molecule has 0 aliphatic rings. The van der Waals surface area contributed by atoms with Crippen LogP contribution >= 0.6 is 0 Å². The predicted molar refractivity (Wildman–Crippen MR) is 77.4 cm³/mol. The van der Waals surface area contributed by atoms with E-state index in [0.717, 1.165) is 12.5 Å². The average Bonchev–Trinajstić information content (AvgIpc) is 2.41. The summed E-state index contributed by atoms with van der Waals surface area (Å²) in [4.78, 5) is 28.9. The van der Waals surface area contributed by atoms with Crippen molar-refractivity contribution >= 4 is 18.0 Å². The monoisotopic (exact) mass is 276 g/mol. The van der Waals surface area contributed by atoms with Gasteiger partial charge in [0.25, 0.3) is 5.91 Å². The Balaban J connectivity index is 3.11. The molecule has 0 atom stereocenters. The van der Waals surface area contributed by atoms with Gasteiger partial charge in [0, 0.05) is 42.2 Å². The molecule has 1 amide bonds. The first-order valence-electron chi connectivity index (χ1n) is 6.63. The number of pyridine rings is 1. The summed E-state index contributed by atoms with van der Waals surface area (Å²) in [5.74, 6) is -1.16. The zero-order valence-electron chi connectivity index (χ0n) is 12.0. The first-order chi connectivity index (χ1) is 9.47. The van der Waals surface area contributed by atoms with Gasteiger partial charge in [0.2, 0.25) is 0 Å². The molecule has 0 aliphatic heterocycles. The highest BCUT2D eigenvalue weighted by Crippen LogP contribution is 2.14. The van der Waals surface area contributed by atoms with Crippen LogP contribution in [0.1, 0.15) is 43.1 Å². The fraction of sp³-hybridized carbons (Fsp3) is 0.400. The number of rotatable bonds is 6. The molecule has 0 saturated carbocycles. The van der Waals surface area contributed by atoms with Gasteiger partial charge in [-0.3, -0.25) is 9.78 Å². The van der Waals surface area contributed by atoms with Crippen molar-refractivity contribution in [1.29, 1.82) is 0 Å². The number of aromatic nitrogens is 1. The molecule has 5 heteroatoms. The van der Waals surface area contributed by atoms with Crippen molar-refractivity contribution < 1.29 is 14.7 Å². The molecule has 0 unspecified atom stereocenters. The van der Waals surface area contributed by atoms with Crippen molar-refractivity contribution in [3.8, 4) is 0 Å². The lowest BCUT2D eigenvalue weighted by Crippen LogP contribution is -2.37. The normalized spacial score (nSPS) is 11.0. The van der Waals surface area contributed by atoms with Crippen LogP contribution < -0.4 is 0 Å². The van der Waals surface area contributed by atoms with Crippen molar-refractivity contribution in [3.63, 3.8) is 0 Å². The lowest BCUT2D eigenvalue weighted by molar-refractivity contribution is -0.131. The van der Waals surface area contributed by atoms with Gasteiger partial charge in [-0.15, -0.1) is 0 Å². The zero-order valence-corrected chi connectivity index (χ0v) is 12.0. The van der Waals surface area contributed by atoms with Crippen LogP contribution in [-0.2, 0) is 4.79 Å². The summed E-state index contributed by atoms with van der Waals surface area (Å²) in [5.41, 5.74) is 0.987. The van der Waals surface area contributed by atoms with Crippen LogP contribution in [-0.4, -0.2) is 39.5 Å². The lowest BCUT2D eigenvalue weighted by atomic mass is 10.1. The van der Waals surface area contributed by atoms with Crippen LogP contribution in [0.4, 0.5) is 0 Å². The Bertz CT molecular complexity index is 510. The Kier molecular flexibility index (Phi) is 5.90. The molecule has 1 aromatic heterocycles. The number of carbonyl (C=O) groups excluding carboxylic acids is 1. The molecule has 1 N–H and O–H groups in total. The number of aliphatic carboxylic acids is 1. The molecule has 1 aromatic rings. The van der Waals surface area contributed by atoms with Crippen LogP contribution in [0, 0.1) is 0 Å². The van der Waals surface area contributed by atoms with Crippen LogP contribution in [0.15, 0.2) is 24.5 Å². The quantitative estimate of drug-likeness (QED) is 0.810. The molecule has 0 aromatic carbocycles. The Morgan fingerprint density at radius 1 is 1.45 bits per heavy atom. The zero-order chi connectivity index (χ0) is 15.1. The van der Waals surface area contributed by atoms with E-state index in [-0.39, 0.29) is 11.9 Å².